The van der Waals surface area contributed by atoms with Gasteiger partial charge in [-0.2, -0.15) is 13.2 Å². The average Bonchev–Trinajstić information content (AvgIpc) is 2.66. The van der Waals surface area contributed by atoms with Gasteiger partial charge in [0.1, 0.15) is 0 Å². The zero-order chi connectivity index (χ0) is 18.6. The lowest BCUT2D eigenvalue weighted by Crippen LogP contribution is -2.43. The Kier molecular flexibility index (Phi) is 5.61. The van der Waals surface area contributed by atoms with Crippen molar-refractivity contribution >= 4 is 5.91 Å². The molecule has 1 aliphatic rings. The molecule has 3 rings (SSSR count). The van der Waals surface area contributed by atoms with E-state index in [0.717, 1.165) is 30.5 Å². The molecule has 0 bridgehead atoms. The molecule has 138 valence electrons. The number of rotatable bonds is 4. The summed E-state index contributed by atoms with van der Waals surface area (Å²) in [4.78, 5) is 14.2. The Bertz CT molecular complexity index is 729. The van der Waals surface area contributed by atoms with Crippen LogP contribution in [0.25, 0.3) is 0 Å². The Morgan fingerprint density at radius 1 is 1.08 bits per heavy atom. The van der Waals surface area contributed by atoms with Gasteiger partial charge in [-0.3, -0.25) is 4.79 Å². The maximum Gasteiger partial charge on any atom is 0.416 e. The van der Waals surface area contributed by atoms with Crippen molar-refractivity contribution in [1.29, 1.82) is 0 Å². The first kappa shape index (κ1) is 18.5. The van der Waals surface area contributed by atoms with Crippen LogP contribution in [0.5, 0.6) is 0 Å². The highest BCUT2D eigenvalue weighted by Crippen LogP contribution is 2.29. The molecule has 1 saturated heterocycles. The summed E-state index contributed by atoms with van der Waals surface area (Å²) in [5, 5.41) is 0. The molecular weight excluding hydrogens is 343 g/mol. The van der Waals surface area contributed by atoms with Crippen LogP contribution in [0.2, 0.25) is 0 Å². The van der Waals surface area contributed by atoms with E-state index < -0.39 is 11.7 Å². The molecule has 26 heavy (non-hydrogen) atoms. The van der Waals surface area contributed by atoms with Gasteiger partial charge in [-0.15, -0.1) is 0 Å². The van der Waals surface area contributed by atoms with Crippen molar-refractivity contribution < 1.29 is 22.7 Å². The highest BCUT2D eigenvalue weighted by Gasteiger charge is 2.31. The van der Waals surface area contributed by atoms with E-state index >= 15 is 0 Å². The van der Waals surface area contributed by atoms with Crippen molar-refractivity contribution in [3.05, 3.63) is 71.3 Å². The predicted molar refractivity (Wildman–Crippen MR) is 91.6 cm³/mol. The van der Waals surface area contributed by atoms with E-state index in [0.29, 0.717) is 19.7 Å². The molecule has 0 unspecified atom stereocenters. The number of carbonyl (C=O) groups excluding carboxylic acids is 1. The van der Waals surface area contributed by atoms with Crippen molar-refractivity contribution in [3.8, 4) is 0 Å². The number of alkyl halides is 3. The molecule has 0 radical (unpaired) electrons. The summed E-state index contributed by atoms with van der Waals surface area (Å²) in [6.07, 6.45) is -2.79. The van der Waals surface area contributed by atoms with Crippen LogP contribution in [0.3, 0.4) is 0 Å². The van der Waals surface area contributed by atoms with E-state index in [1.54, 1.807) is 4.90 Å². The molecule has 1 amide bonds. The molecule has 2 aromatic rings. The number of hydrogen-bond donors (Lipinski definition) is 0. The minimum Gasteiger partial charge on any atom is -0.372 e. The maximum atomic E-state index is 12.6. The topological polar surface area (TPSA) is 29.5 Å². The molecule has 0 aromatic heterocycles. The van der Waals surface area contributed by atoms with E-state index in [4.69, 9.17) is 4.74 Å². The number of nitrogens with zero attached hydrogens (tertiary/aromatic N) is 1. The number of hydrogen-bond acceptors (Lipinski definition) is 2. The van der Waals surface area contributed by atoms with Gasteiger partial charge in [0.25, 0.3) is 5.91 Å². The number of likely N-dealkylation sites (tertiary alicyclic amines) is 1. The van der Waals surface area contributed by atoms with E-state index in [9.17, 15) is 18.0 Å². The normalized spacial score (nSPS) is 18.0. The SMILES string of the molecule is O=C(c1ccc(C(F)(F)F)cc1)N1CCC[C@H](OCc2ccccc2)C1. The van der Waals surface area contributed by atoms with Crippen LogP contribution in [0.1, 0.15) is 34.3 Å². The summed E-state index contributed by atoms with van der Waals surface area (Å²) in [5.41, 5.74) is 0.581. The molecular formula is C20H20F3NO2. The fourth-order valence-corrected chi connectivity index (χ4v) is 3.03. The fraction of sp³-hybridized carbons (Fsp3) is 0.350. The number of carbonyl (C=O) groups is 1. The van der Waals surface area contributed by atoms with Crippen LogP contribution >= 0.6 is 0 Å². The summed E-state index contributed by atoms with van der Waals surface area (Å²) in [7, 11) is 0. The van der Waals surface area contributed by atoms with Crippen LogP contribution in [0, 0.1) is 0 Å². The van der Waals surface area contributed by atoms with Gasteiger partial charge in [-0.1, -0.05) is 30.3 Å². The summed E-state index contributed by atoms with van der Waals surface area (Å²) < 4.78 is 43.8. The molecule has 0 N–H and O–H groups in total. The Labute approximate surface area is 150 Å². The summed E-state index contributed by atoms with van der Waals surface area (Å²) in [6.45, 7) is 1.52. The standard InChI is InChI=1S/C20H20F3NO2/c21-20(22,23)17-10-8-16(9-11-17)19(25)24-12-4-7-18(13-24)26-14-15-5-2-1-3-6-15/h1-3,5-6,8-11,18H,4,7,12-14H2/t18-/m0/s1. The van der Waals surface area contributed by atoms with E-state index in [-0.39, 0.29) is 17.6 Å². The van der Waals surface area contributed by atoms with Crippen molar-refractivity contribution in [1.82, 2.24) is 4.90 Å². The minimum absolute atomic E-state index is 0.0673. The first-order valence-electron chi connectivity index (χ1n) is 8.55. The molecule has 1 heterocycles. The van der Waals surface area contributed by atoms with Crippen LogP contribution in [0.4, 0.5) is 13.2 Å². The zero-order valence-corrected chi connectivity index (χ0v) is 14.2. The van der Waals surface area contributed by atoms with E-state index in [1.165, 1.54) is 12.1 Å². The summed E-state index contributed by atoms with van der Waals surface area (Å²) >= 11 is 0. The number of halogens is 3. The van der Waals surface area contributed by atoms with Gasteiger partial charge in [0.2, 0.25) is 0 Å². The third kappa shape index (κ3) is 4.64. The summed E-state index contributed by atoms with van der Waals surface area (Å²) in [5.74, 6) is -0.258. The Morgan fingerprint density at radius 2 is 1.77 bits per heavy atom. The quantitative estimate of drug-likeness (QED) is 0.799. The fourth-order valence-electron chi connectivity index (χ4n) is 3.03. The van der Waals surface area contributed by atoms with Crippen molar-refractivity contribution in [3.63, 3.8) is 0 Å². The van der Waals surface area contributed by atoms with Crippen molar-refractivity contribution in [2.45, 2.75) is 31.7 Å². The molecule has 6 heteroatoms. The summed E-state index contributed by atoms with van der Waals surface area (Å²) in [6, 6.07) is 14.1. The molecule has 2 aromatic carbocycles. The first-order valence-corrected chi connectivity index (χ1v) is 8.55. The Balaban J connectivity index is 1.59. The molecule has 1 atom stereocenters. The highest BCUT2D eigenvalue weighted by molar-refractivity contribution is 5.94. The predicted octanol–water partition coefficient (Wildman–Crippen LogP) is 4.53. The smallest absolute Gasteiger partial charge is 0.372 e. The maximum absolute atomic E-state index is 12.6. The van der Waals surface area contributed by atoms with Gasteiger partial charge in [-0.05, 0) is 42.7 Å². The van der Waals surface area contributed by atoms with Gasteiger partial charge >= 0.3 is 6.18 Å². The molecule has 3 nitrogen and oxygen atoms in total. The Morgan fingerprint density at radius 3 is 2.42 bits per heavy atom. The van der Waals surface area contributed by atoms with Gasteiger partial charge in [0, 0.05) is 18.7 Å². The van der Waals surface area contributed by atoms with Crippen LogP contribution < -0.4 is 0 Å². The van der Waals surface area contributed by atoms with Crippen LogP contribution in [-0.4, -0.2) is 30.0 Å². The van der Waals surface area contributed by atoms with Crippen molar-refractivity contribution in [2.75, 3.05) is 13.1 Å². The lowest BCUT2D eigenvalue weighted by atomic mass is 10.1. The molecule has 0 saturated carbocycles. The number of amides is 1. The van der Waals surface area contributed by atoms with Crippen LogP contribution in [0.15, 0.2) is 54.6 Å². The highest BCUT2D eigenvalue weighted by atomic mass is 19.4. The molecule has 1 fully saturated rings. The number of piperidine rings is 1. The lowest BCUT2D eigenvalue weighted by molar-refractivity contribution is -0.137. The number of benzene rings is 2. The van der Waals surface area contributed by atoms with Gasteiger partial charge in [0.15, 0.2) is 0 Å². The molecule has 0 aliphatic carbocycles. The van der Waals surface area contributed by atoms with Gasteiger partial charge < -0.3 is 9.64 Å². The van der Waals surface area contributed by atoms with E-state index in [2.05, 4.69) is 0 Å². The largest absolute Gasteiger partial charge is 0.416 e. The monoisotopic (exact) mass is 363 g/mol. The second-order valence-corrected chi connectivity index (χ2v) is 6.39. The van der Waals surface area contributed by atoms with E-state index in [1.807, 2.05) is 30.3 Å². The number of ether oxygens (including phenoxy) is 1. The molecule has 0 spiro atoms. The third-order valence-electron chi connectivity index (χ3n) is 4.45. The Hall–Kier alpha value is -2.34. The lowest BCUT2D eigenvalue weighted by Gasteiger charge is -2.32. The zero-order valence-electron chi connectivity index (χ0n) is 14.2. The average molecular weight is 363 g/mol. The third-order valence-corrected chi connectivity index (χ3v) is 4.45. The second kappa shape index (κ2) is 7.91. The van der Waals surface area contributed by atoms with Crippen LogP contribution in [-0.2, 0) is 17.5 Å². The van der Waals surface area contributed by atoms with Gasteiger partial charge in [-0.25, -0.2) is 0 Å². The van der Waals surface area contributed by atoms with Gasteiger partial charge in [0.05, 0.1) is 18.3 Å². The first-order chi connectivity index (χ1) is 12.4. The van der Waals surface area contributed by atoms with Crippen molar-refractivity contribution in [2.24, 2.45) is 0 Å². The second-order valence-electron chi connectivity index (χ2n) is 6.39. The molecule has 1 aliphatic heterocycles. The minimum atomic E-state index is -4.40.